The summed E-state index contributed by atoms with van der Waals surface area (Å²) >= 11 is 6.38. The lowest BCUT2D eigenvalue weighted by molar-refractivity contribution is -0.134. The SMILES string of the molecule is CC(=O)O.COc1cc(N2CCC(Oc3ccc(N4CCC(C)C4)cc3)C(C)C2)c(Cl)cn1. The van der Waals surface area contributed by atoms with E-state index in [0.29, 0.717) is 16.8 Å². The number of carboxylic acid groups (broad SMARTS) is 1. The zero-order valence-electron chi connectivity index (χ0n) is 19.8. The van der Waals surface area contributed by atoms with Crippen molar-refractivity contribution in [3.63, 3.8) is 0 Å². The van der Waals surface area contributed by atoms with Crippen LogP contribution in [0, 0.1) is 11.8 Å². The lowest BCUT2D eigenvalue weighted by Crippen LogP contribution is -2.44. The number of carboxylic acids is 1. The number of rotatable bonds is 5. The third kappa shape index (κ3) is 6.90. The Morgan fingerprint density at radius 1 is 1.12 bits per heavy atom. The Morgan fingerprint density at radius 3 is 2.36 bits per heavy atom. The Balaban J connectivity index is 0.000000709. The largest absolute Gasteiger partial charge is 0.490 e. The standard InChI is InChI=1S/C23H30ClN3O2.C2H4O2/c1-16-8-10-26(14-16)18-4-6-19(7-5-18)29-22-9-11-27(15-17(22)2)21-12-23(28-3)25-13-20(21)24;1-2(3)4/h4-7,12-13,16-17,22H,8-11,14-15H2,1-3H3;1H3,(H,3,4). The molecule has 2 aromatic rings. The second-order valence-electron chi connectivity index (χ2n) is 8.90. The number of hydrogen-bond acceptors (Lipinski definition) is 6. The lowest BCUT2D eigenvalue weighted by atomic mass is 9.96. The molecule has 1 aromatic heterocycles. The van der Waals surface area contributed by atoms with Crippen molar-refractivity contribution in [1.29, 1.82) is 0 Å². The number of anilines is 2. The van der Waals surface area contributed by atoms with Crippen molar-refractivity contribution in [2.75, 3.05) is 43.1 Å². The number of benzene rings is 1. The van der Waals surface area contributed by atoms with E-state index in [-0.39, 0.29) is 6.10 Å². The first-order valence-electron chi connectivity index (χ1n) is 11.4. The van der Waals surface area contributed by atoms with Crippen molar-refractivity contribution in [2.24, 2.45) is 11.8 Å². The van der Waals surface area contributed by atoms with Crippen LogP contribution in [-0.2, 0) is 4.79 Å². The van der Waals surface area contributed by atoms with Crippen LogP contribution in [0.15, 0.2) is 36.5 Å². The maximum atomic E-state index is 9.00. The second-order valence-corrected chi connectivity index (χ2v) is 9.31. The molecule has 2 aliphatic rings. The molecular formula is C25H34ClN3O4. The maximum absolute atomic E-state index is 9.00. The minimum absolute atomic E-state index is 0.200. The van der Waals surface area contributed by atoms with Crippen molar-refractivity contribution in [3.05, 3.63) is 41.6 Å². The van der Waals surface area contributed by atoms with Gasteiger partial charge in [-0.2, -0.15) is 0 Å². The van der Waals surface area contributed by atoms with Crippen LogP contribution in [-0.4, -0.2) is 55.5 Å². The van der Waals surface area contributed by atoms with E-state index in [1.54, 1.807) is 13.3 Å². The summed E-state index contributed by atoms with van der Waals surface area (Å²) in [6, 6.07) is 10.5. The molecule has 4 rings (SSSR count). The molecule has 3 atom stereocenters. The Hall–Kier alpha value is -2.67. The van der Waals surface area contributed by atoms with Gasteiger partial charge in [0.25, 0.3) is 5.97 Å². The maximum Gasteiger partial charge on any atom is 0.300 e. The number of aromatic nitrogens is 1. The number of aliphatic carboxylic acids is 1. The highest BCUT2D eigenvalue weighted by Gasteiger charge is 2.29. The summed E-state index contributed by atoms with van der Waals surface area (Å²) in [4.78, 5) is 17.9. The Labute approximate surface area is 201 Å². The van der Waals surface area contributed by atoms with Gasteiger partial charge in [-0.3, -0.25) is 4.79 Å². The summed E-state index contributed by atoms with van der Waals surface area (Å²) < 4.78 is 11.6. The van der Waals surface area contributed by atoms with E-state index in [0.717, 1.165) is 56.9 Å². The van der Waals surface area contributed by atoms with Crippen molar-refractivity contribution in [1.82, 2.24) is 4.98 Å². The van der Waals surface area contributed by atoms with E-state index in [2.05, 4.69) is 52.9 Å². The van der Waals surface area contributed by atoms with Gasteiger partial charge in [0.1, 0.15) is 11.9 Å². The molecular weight excluding hydrogens is 442 g/mol. The van der Waals surface area contributed by atoms with Gasteiger partial charge in [0.05, 0.1) is 24.0 Å². The van der Waals surface area contributed by atoms with Crippen LogP contribution in [0.1, 0.15) is 33.6 Å². The third-order valence-corrected chi connectivity index (χ3v) is 6.39. The van der Waals surface area contributed by atoms with Crippen LogP contribution in [0.5, 0.6) is 11.6 Å². The minimum Gasteiger partial charge on any atom is -0.490 e. The molecule has 0 spiro atoms. The summed E-state index contributed by atoms with van der Waals surface area (Å²) in [6.45, 7) is 9.73. The number of piperidine rings is 1. The number of methoxy groups -OCH3 is 1. The monoisotopic (exact) mass is 475 g/mol. The predicted molar refractivity (Wildman–Crippen MR) is 132 cm³/mol. The molecule has 7 nitrogen and oxygen atoms in total. The van der Waals surface area contributed by atoms with Gasteiger partial charge < -0.3 is 24.4 Å². The lowest BCUT2D eigenvalue weighted by Gasteiger charge is -2.38. The Kier molecular flexibility index (Phi) is 8.67. The molecule has 0 aliphatic carbocycles. The van der Waals surface area contributed by atoms with Gasteiger partial charge in [-0.25, -0.2) is 4.98 Å². The number of halogens is 1. The van der Waals surface area contributed by atoms with Crippen molar-refractivity contribution < 1.29 is 19.4 Å². The highest BCUT2D eigenvalue weighted by molar-refractivity contribution is 6.33. The highest BCUT2D eigenvalue weighted by Crippen LogP contribution is 2.33. The molecule has 180 valence electrons. The molecule has 2 fully saturated rings. The van der Waals surface area contributed by atoms with Crippen LogP contribution >= 0.6 is 11.6 Å². The number of carbonyl (C=O) groups is 1. The van der Waals surface area contributed by atoms with E-state index in [1.165, 1.54) is 12.1 Å². The number of pyridine rings is 1. The molecule has 33 heavy (non-hydrogen) atoms. The van der Waals surface area contributed by atoms with Crippen LogP contribution in [0.25, 0.3) is 0 Å². The molecule has 2 aliphatic heterocycles. The van der Waals surface area contributed by atoms with Crippen LogP contribution in [0.2, 0.25) is 5.02 Å². The molecule has 1 aromatic carbocycles. The molecule has 8 heteroatoms. The van der Waals surface area contributed by atoms with Crippen LogP contribution in [0.3, 0.4) is 0 Å². The first-order valence-corrected chi connectivity index (χ1v) is 11.8. The van der Waals surface area contributed by atoms with E-state index in [4.69, 9.17) is 31.0 Å². The zero-order valence-corrected chi connectivity index (χ0v) is 20.6. The van der Waals surface area contributed by atoms with Crippen LogP contribution in [0.4, 0.5) is 11.4 Å². The Morgan fingerprint density at radius 2 is 1.79 bits per heavy atom. The van der Waals surface area contributed by atoms with Crippen LogP contribution < -0.4 is 19.3 Å². The van der Waals surface area contributed by atoms with Crippen molar-refractivity contribution in [3.8, 4) is 11.6 Å². The number of nitrogens with zero attached hydrogens (tertiary/aromatic N) is 3. The van der Waals surface area contributed by atoms with Gasteiger partial charge in [-0.05, 0) is 36.6 Å². The highest BCUT2D eigenvalue weighted by atomic mass is 35.5. The molecule has 0 radical (unpaired) electrons. The predicted octanol–water partition coefficient (Wildman–Crippen LogP) is 4.97. The van der Waals surface area contributed by atoms with Gasteiger partial charge in [-0.15, -0.1) is 0 Å². The first-order chi connectivity index (χ1) is 15.8. The number of hydrogen-bond donors (Lipinski definition) is 1. The van der Waals surface area contributed by atoms with E-state index >= 15 is 0 Å². The van der Waals surface area contributed by atoms with Gasteiger partial charge in [0.2, 0.25) is 5.88 Å². The summed E-state index contributed by atoms with van der Waals surface area (Å²) in [5.41, 5.74) is 2.28. The average molecular weight is 476 g/mol. The van der Waals surface area contributed by atoms with E-state index in [9.17, 15) is 0 Å². The third-order valence-electron chi connectivity index (χ3n) is 6.10. The average Bonchev–Trinajstić information content (AvgIpc) is 3.22. The summed E-state index contributed by atoms with van der Waals surface area (Å²) in [7, 11) is 1.62. The molecule has 1 N–H and O–H groups in total. The van der Waals surface area contributed by atoms with Crippen molar-refractivity contribution in [2.45, 2.75) is 39.7 Å². The quantitative estimate of drug-likeness (QED) is 0.653. The summed E-state index contributed by atoms with van der Waals surface area (Å²) in [5.74, 6) is 1.88. The second kappa shape index (κ2) is 11.5. The molecule has 3 unspecified atom stereocenters. The van der Waals surface area contributed by atoms with E-state index in [1.807, 2.05) is 6.07 Å². The first kappa shape index (κ1) is 25.0. The van der Waals surface area contributed by atoms with Gasteiger partial charge >= 0.3 is 0 Å². The van der Waals surface area contributed by atoms with E-state index < -0.39 is 5.97 Å². The normalized spacial score (nSPS) is 22.4. The number of ether oxygens (including phenoxy) is 2. The topological polar surface area (TPSA) is 75.1 Å². The smallest absolute Gasteiger partial charge is 0.300 e. The molecule has 0 amide bonds. The fourth-order valence-electron chi connectivity index (χ4n) is 4.36. The van der Waals surface area contributed by atoms with Crippen molar-refractivity contribution >= 4 is 28.9 Å². The fraction of sp³-hybridized carbons (Fsp3) is 0.520. The summed E-state index contributed by atoms with van der Waals surface area (Å²) in [6.07, 6.45) is 4.09. The van der Waals surface area contributed by atoms with Gasteiger partial charge in [-0.1, -0.05) is 25.4 Å². The summed E-state index contributed by atoms with van der Waals surface area (Å²) in [5, 5.41) is 8.07. The molecule has 2 saturated heterocycles. The minimum atomic E-state index is -0.833. The fourth-order valence-corrected chi connectivity index (χ4v) is 4.58. The molecule has 0 saturated carbocycles. The molecule has 0 bridgehead atoms. The molecule has 3 heterocycles. The Bertz CT molecular complexity index is 920. The zero-order chi connectivity index (χ0) is 24.0. The van der Waals surface area contributed by atoms with Gasteiger partial charge in [0.15, 0.2) is 0 Å². The van der Waals surface area contributed by atoms with Gasteiger partial charge in [0, 0.05) is 57.2 Å².